The Morgan fingerprint density at radius 2 is 1.11 bits per heavy atom. The van der Waals surface area contributed by atoms with Crippen molar-refractivity contribution in [1.82, 2.24) is 0 Å². The molecule has 3 aromatic rings. The van der Waals surface area contributed by atoms with E-state index < -0.39 is 29.1 Å². The van der Waals surface area contributed by atoms with E-state index >= 15 is 4.39 Å². The van der Waals surface area contributed by atoms with Gasteiger partial charge in [0.15, 0.2) is 11.6 Å². The number of aryl methyl sites for hydroxylation is 2. The molecule has 3 rings (SSSR count). The lowest BCUT2D eigenvalue weighted by Gasteiger charge is -2.20. The molecule has 0 radical (unpaired) electrons. The minimum Gasteiger partial charge on any atom is -0.454 e. The van der Waals surface area contributed by atoms with Crippen LogP contribution in [0, 0.1) is 11.6 Å². The summed E-state index contributed by atoms with van der Waals surface area (Å²) < 4.78 is 69.7. The molecule has 0 unspecified atom stereocenters. The highest BCUT2D eigenvalue weighted by molar-refractivity contribution is 5.39. The molecule has 0 aliphatic carbocycles. The zero-order chi connectivity index (χ0) is 27.4. The third kappa shape index (κ3) is 8.78. The Hall–Kier alpha value is -3.02. The van der Waals surface area contributed by atoms with E-state index in [-0.39, 0.29) is 11.5 Å². The SMILES string of the molecule is CCCCCCCCc1ccc(OC(F)(F)c2c(F)ccc(Oc3ccc(CCCCC)cc3)c2F)cc1. The van der Waals surface area contributed by atoms with Crippen molar-refractivity contribution in [1.29, 1.82) is 0 Å². The first-order chi connectivity index (χ1) is 18.3. The number of ether oxygens (including phenoxy) is 2. The van der Waals surface area contributed by atoms with Crippen molar-refractivity contribution in [3.63, 3.8) is 0 Å². The van der Waals surface area contributed by atoms with Gasteiger partial charge < -0.3 is 9.47 Å². The first-order valence-corrected chi connectivity index (χ1v) is 13.7. The molecule has 0 atom stereocenters. The van der Waals surface area contributed by atoms with Gasteiger partial charge in [0.05, 0.1) is 0 Å². The van der Waals surface area contributed by atoms with Crippen molar-refractivity contribution in [3.8, 4) is 17.2 Å². The number of hydrogen-bond donors (Lipinski definition) is 0. The van der Waals surface area contributed by atoms with E-state index in [1.54, 1.807) is 24.3 Å². The van der Waals surface area contributed by atoms with Crippen LogP contribution < -0.4 is 9.47 Å². The standard InChI is InChI=1S/C32H38F4O2/c1-3-5-7-8-9-11-13-25-16-20-27(21-17-25)38-32(35,36)30-28(33)22-23-29(31(30)34)37-26-18-14-24(15-19-26)12-10-6-4-2/h14-23H,3-13H2,1-2H3. The molecule has 0 aromatic heterocycles. The van der Waals surface area contributed by atoms with E-state index in [0.717, 1.165) is 68.2 Å². The van der Waals surface area contributed by atoms with Gasteiger partial charge in [0.1, 0.15) is 22.9 Å². The predicted molar refractivity (Wildman–Crippen MR) is 144 cm³/mol. The van der Waals surface area contributed by atoms with E-state index in [2.05, 4.69) is 13.8 Å². The fraction of sp³-hybridized carbons (Fsp3) is 0.438. The molecule has 38 heavy (non-hydrogen) atoms. The van der Waals surface area contributed by atoms with Crippen LogP contribution in [0.5, 0.6) is 17.2 Å². The summed E-state index contributed by atoms with van der Waals surface area (Å²) in [5.41, 5.74) is 0.617. The van der Waals surface area contributed by atoms with Gasteiger partial charge in [0.25, 0.3) is 0 Å². The summed E-state index contributed by atoms with van der Waals surface area (Å²) in [7, 11) is 0. The molecule has 0 saturated carbocycles. The largest absolute Gasteiger partial charge is 0.454 e. The van der Waals surface area contributed by atoms with Gasteiger partial charge in [-0.15, -0.1) is 0 Å². The van der Waals surface area contributed by atoms with Crippen molar-refractivity contribution >= 4 is 0 Å². The van der Waals surface area contributed by atoms with Gasteiger partial charge in [-0.1, -0.05) is 83.1 Å². The van der Waals surface area contributed by atoms with E-state index in [0.29, 0.717) is 0 Å². The van der Waals surface area contributed by atoms with E-state index in [4.69, 9.17) is 9.47 Å². The van der Waals surface area contributed by atoms with Crippen LogP contribution in [-0.4, -0.2) is 0 Å². The van der Waals surface area contributed by atoms with Crippen LogP contribution in [0.25, 0.3) is 0 Å². The number of unbranched alkanes of at least 4 members (excludes halogenated alkanes) is 7. The molecule has 0 spiro atoms. The van der Waals surface area contributed by atoms with Crippen LogP contribution in [-0.2, 0) is 19.0 Å². The summed E-state index contributed by atoms with van der Waals surface area (Å²) >= 11 is 0. The van der Waals surface area contributed by atoms with Gasteiger partial charge in [-0.25, -0.2) is 8.78 Å². The maximum Gasteiger partial charge on any atom is 0.432 e. The summed E-state index contributed by atoms with van der Waals surface area (Å²) in [6.07, 6.45) is 7.80. The highest BCUT2D eigenvalue weighted by Gasteiger charge is 2.42. The maximum atomic E-state index is 15.1. The summed E-state index contributed by atoms with van der Waals surface area (Å²) in [6.45, 7) is 4.31. The van der Waals surface area contributed by atoms with Gasteiger partial charge in [-0.2, -0.15) is 8.78 Å². The quantitative estimate of drug-likeness (QED) is 0.135. The molecule has 0 aliphatic heterocycles. The molecule has 206 valence electrons. The van der Waals surface area contributed by atoms with E-state index in [9.17, 15) is 13.2 Å². The average molecular weight is 531 g/mol. The summed E-state index contributed by atoms with van der Waals surface area (Å²) in [5, 5.41) is 0. The molecule has 2 nitrogen and oxygen atoms in total. The van der Waals surface area contributed by atoms with Crippen molar-refractivity contribution in [3.05, 3.63) is 89.0 Å². The lowest BCUT2D eigenvalue weighted by molar-refractivity contribution is -0.189. The van der Waals surface area contributed by atoms with E-state index in [1.165, 1.54) is 37.8 Å². The zero-order valence-corrected chi connectivity index (χ0v) is 22.4. The Balaban J connectivity index is 1.64. The first kappa shape index (κ1) is 29.5. The normalized spacial score (nSPS) is 11.5. The minimum absolute atomic E-state index is 0.175. The summed E-state index contributed by atoms with van der Waals surface area (Å²) in [6, 6.07) is 14.9. The first-order valence-electron chi connectivity index (χ1n) is 13.7. The molecular formula is C32H38F4O2. The predicted octanol–water partition coefficient (Wildman–Crippen LogP) is 10.5. The number of alkyl halides is 2. The molecule has 0 aliphatic rings. The van der Waals surface area contributed by atoms with Gasteiger partial charge in [-0.05, 0) is 73.2 Å². The van der Waals surface area contributed by atoms with Gasteiger partial charge in [0, 0.05) is 0 Å². The molecule has 0 N–H and O–H groups in total. The molecule has 0 amide bonds. The van der Waals surface area contributed by atoms with Crippen LogP contribution in [0.15, 0.2) is 60.7 Å². The van der Waals surface area contributed by atoms with Crippen molar-refractivity contribution in [2.45, 2.75) is 90.6 Å². The van der Waals surface area contributed by atoms with Crippen molar-refractivity contribution in [2.75, 3.05) is 0 Å². The molecular weight excluding hydrogens is 492 g/mol. The van der Waals surface area contributed by atoms with E-state index in [1.807, 2.05) is 12.1 Å². The van der Waals surface area contributed by atoms with Gasteiger partial charge >= 0.3 is 6.11 Å². The lowest BCUT2D eigenvalue weighted by atomic mass is 10.0. The number of hydrogen-bond acceptors (Lipinski definition) is 2. The van der Waals surface area contributed by atoms with Gasteiger partial charge in [-0.3, -0.25) is 0 Å². The van der Waals surface area contributed by atoms with Crippen molar-refractivity contribution in [2.24, 2.45) is 0 Å². The number of rotatable bonds is 16. The average Bonchev–Trinajstić information content (AvgIpc) is 2.89. The monoisotopic (exact) mass is 530 g/mol. The Labute approximate surface area is 224 Å². The zero-order valence-electron chi connectivity index (χ0n) is 22.4. The summed E-state index contributed by atoms with van der Waals surface area (Å²) in [4.78, 5) is 0. The highest BCUT2D eigenvalue weighted by atomic mass is 19.3. The fourth-order valence-electron chi connectivity index (χ4n) is 4.34. The molecule has 3 aromatic carbocycles. The van der Waals surface area contributed by atoms with Crippen LogP contribution in [0.1, 0.15) is 88.3 Å². The Morgan fingerprint density at radius 1 is 0.605 bits per heavy atom. The second-order valence-electron chi connectivity index (χ2n) is 9.72. The molecule has 0 bridgehead atoms. The fourth-order valence-corrected chi connectivity index (χ4v) is 4.34. The number of halogens is 4. The Kier molecular flexibility index (Phi) is 11.5. The molecule has 6 heteroatoms. The third-order valence-electron chi connectivity index (χ3n) is 6.56. The second kappa shape index (κ2) is 14.8. The molecule has 0 saturated heterocycles. The third-order valence-corrected chi connectivity index (χ3v) is 6.56. The van der Waals surface area contributed by atoms with Crippen LogP contribution in [0.3, 0.4) is 0 Å². The Morgan fingerprint density at radius 3 is 1.71 bits per heavy atom. The maximum absolute atomic E-state index is 15.1. The minimum atomic E-state index is -4.24. The van der Waals surface area contributed by atoms with Crippen LogP contribution in [0.4, 0.5) is 17.6 Å². The molecule has 0 heterocycles. The number of benzene rings is 3. The lowest BCUT2D eigenvalue weighted by Crippen LogP contribution is -2.25. The van der Waals surface area contributed by atoms with Gasteiger partial charge in [0.2, 0.25) is 0 Å². The van der Waals surface area contributed by atoms with Crippen molar-refractivity contribution < 1.29 is 27.0 Å². The van der Waals surface area contributed by atoms with Crippen LogP contribution >= 0.6 is 0 Å². The highest BCUT2D eigenvalue weighted by Crippen LogP contribution is 2.39. The molecule has 0 fully saturated rings. The van der Waals surface area contributed by atoms with Crippen LogP contribution in [0.2, 0.25) is 0 Å². The second-order valence-corrected chi connectivity index (χ2v) is 9.72. The smallest absolute Gasteiger partial charge is 0.432 e. The summed E-state index contributed by atoms with van der Waals surface area (Å²) in [5.74, 6) is -3.32. The Bertz CT molecular complexity index is 1110. The topological polar surface area (TPSA) is 18.5 Å².